The molecule has 6 heteroatoms. The van der Waals surface area contributed by atoms with E-state index in [-0.39, 0.29) is 35.0 Å². The lowest BCUT2D eigenvalue weighted by Gasteiger charge is -2.58. The molecule has 0 saturated heterocycles. The molecule has 3 aliphatic carbocycles. The number of ether oxygens (including phenoxy) is 1. The summed E-state index contributed by atoms with van der Waals surface area (Å²) in [5, 5.41) is 6.22. The second-order valence-electron chi connectivity index (χ2n) is 11.5. The van der Waals surface area contributed by atoms with Crippen LogP contribution in [0, 0.1) is 28.6 Å². The molecule has 0 unspecified atom stereocenters. The van der Waals surface area contributed by atoms with Gasteiger partial charge in [0.2, 0.25) is 5.91 Å². The van der Waals surface area contributed by atoms with Gasteiger partial charge in [-0.25, -0.2) is 4.79 Å². The molecule has 4 aliphatic rings. The van der Waals surface area contributed by atoms with Gasteiger partial charge in [0.25, 0.3) is 0 Å². The largest absolute Gasteiger partial charge is 0.467 e. The lowest BCUT2D eigenvalue weighted by molar-refractivity contribution is -0.123. The Morgan fingerprint density at radius 3 is 2.75 bits per heavy atom. The monoisotopic (exact) mass is 440 g/mol. The Bertz CT molecular complexity index is 922. The van der Waals surface area contributed by atoms with Crippen LogP contribution >= 0.6 is 0 Å². The van der Waals surface area contributed by atoms with E-state index in [0.717, 1.165) is 38.5 Å². The summed E-state index contributed by atoms with van der Waals surface area (Å²) in [5.74, 6) is 2.50. The topological polar surface area (TPSA) is 80.6 Å². The van der Waals surface area contributed by atoms with E-state index in [1.807, 2.05) is 26.0 Å². The molecule has 1 aliphatic heterocycles. The van der Waals surface area contributed by atoms with Crippen LogP contribution in [-0.2, 0) is 15.1 Å². The molecule has 6 nitrogen and oxygen atoms in total. The van der Waals surface area contributed by atoms with Crippen molar-refractivity contribution in [3.05, 3.63) is 36.3 Å². The maximum absolute atomic E-state index is 12.9. The zero-order valence-corrected chi connectivity index (χ0v) is 19.6. The summed E-state index contributed by atoms with van der Waals surface area (Å²) in [4.78, 5) is 24.8. The van der Waals surface area contributed by atoms with Crippen molar-refractivity contribution in [3.8, 4) is 0 Å². The highest BCUT2D eigenvalue weighted by Crippen LogP contribution is 2.63. The minimum atomic E-state index is -0.623. The van der Waals surface area contributed by atoms with Gasteiger partial charge in [-0.1, -0.05) is 19.9 Å². The number of rotatable bonds is 3. The Balaban J connectivity index is 1.29. The van der Waals surface area contributed by atoms with E-state index in [4.69, 9.17) is 9.15 Å². The van der Waals surface area contributed by atoms with E-state index in [0.29, 0.717) is 23.5 Å². The van der Waals surface area contributed by atoms with Gasteiger partial charge in [-0.05, 0) is 88.3 Å². The van der Waals surface area contributed by atoms with Crippen LogP contribution in [0.2, 0.25) is 0 Å². The van der Waals surface area contributed by atoms with E-state index in [2.05, 4.69) is 30.6 Å². The van der Waals surface area contributed by atoms with Crippen LogP contribution in [0.4, 0.5) is 4.79 Å². The molecular weight excluding hydrogens is 404 g/mol. The normalized spacial score (nSPS) is 40.6. The second-order valence-corrected chi connectivity index (χ2v) is 11.5. The molecule has 2 amide bonds. The molecule has 0 spiro atoms. The van der Waals surface area contributed by atoms with E-state index in [1.165, 1.54) is 0 Å². The van der Waals surface area contributed by atoms with Crippen molar-refractivity contribution in [3.63, 3.8) is 0 Å². The van der Waals surface area contributed by atoms with Crippen LogP contribution < -0.4 is 10.6 Å². The van der Waals surface area contributed by atoms with Crippen molar-refractivity contribution in [1.82, 2.24) is 10.6 Å². The maximum Gasteiger partial charge on any atom is 0.408 e. The van der Waals surface area contributed by atoms with Crippen LogP contribution in [0.15, 0.2) is 35.0 Å². The van der Waals surface area contributed by atoms with Crippen LogP contribution in [0.3, 0.4) is 0 Å². The average Bonchev–Trinajstić information content (AvgIpc) is 3.37. The van der Waals surface area contributed by atoms with Crippen LogP contribution in [-0.4, -0.2) is 24.1 Å². The Kier molecular flexibility index (Phi) is 4.99. The molecule has 0 bridgehead atoms. The Labute approximate surface area is 190 Å². The molecule has 2 N–H and O–H groups in total. The van der Waals surface area contributed by atoms with E-state index < -0.39 is 5.54 Å². The van der Waals surface area contributed by atoms with Gasteiger partial charge >= 0.3 is 6.09 Å². The summed E-state index contributed by atoms with van der Waals surface area (Å²) >= 11 is 0. The van der Waals surface area contributed by atoms with Crippen molar-refractivity contribution < 1.29 is 18.7 Å². The van der Waals surface area contributed by atoms with Gasteiger partial charge in [0.05, 0.1) is 11.8 Å². The van der Waals surface area contributed by atoms with E-state index in [1.54, 1.807) is 12.3 Å². The summed E-state index contributed by atoms with van der Waals surface area (Å²) in [6.45, 7) is 8.52. The van der Waals surface area contributed by atoms with Gasteiger partial charge in [0.15, 0.2) is 0 Å². The number of carbonyl (C=O) groups is 2. The smallest absolute Gasteiger partial charge is 0.408 e. The third-order valence-corrected chi connectivity index (χ3v) is 9.40. The fourth-order valence-corrected chi connectivity index (χ4v) is 7.59. The van der Waals surface area contributed by atoms with Crippen molar-refractivity contribution in [2.75, 3.05) is 0 Å². The first-order chi connectivity index (χ1) is 15.1. The number of amides is 2. The molecule has 0 aromatic carbocycles. The Hall–Kier alpha value is -2.24. The molecule has 32 heavy (non-hydrogen) atoms. The van der Waals surface area contributed by atoms with E-state index in [9.17, 15) is 9.59 Å². The third-order valence-electron chi connectivity index (χ3n) is 9.40. The minimum Gasteiger partial charge on any atom is -0.467 e. The first kappa shape index (κ1) is 21.6. The number of furan rings is 1. The maximum atomic E-state index is 12.9. The number of fused-ring (bicyclic) bond motifs is 5. The third kappa shape index (κ3) is 3.29. The molecule has 3 fully saturated rings. The molecule has 1 aromatic rings. The lowest BCUT2D eigenvalue weighted by Crippen LogP contribution is -2.59. The van der Waals surface area contributed by atoms with Gasteiger partial charge in [-0.15, -0.1) is 0 Å². The molecule has 7 atom stereocenters. The molecule has 5 rings (SSSR count). The lowest BCUT2D eigenvalue weighted by atomic mass is 9.48. The molecule has 3 saturated carbocycles. The van der Waals surface area contributed by atoms with Gasteiger partial charge in [0.1, 0.15) is 11.9 Å². The zero-order valence-electron chi connectivity index (χ0n) is 19.6. The first-order valence-corrected chi connectivity index (χ1v) is 12.2. The zero-order chi connectivity index (χ0) is 22.7. The molecular formula is C26H36N2O4. The van der Waals surface area contributed by atoms with Crippen molar-refractivity contribution >= 4 is 12.0 Å². The summed E-state index contributed by atoms with van der Waals surface area (Å²) in [6, 6.07) is 3.94. The van der Waals surface area contributed by atoms with Crippen molar-refractivity contribution in [1.29, 1.82) is 0 Å². The van der Waals surface area contributed by atoms with Crippen molar-refractivity contribution in [2.45, 2.75) is 83.9 Å². The highest BCUT2D eigenvalue weighted by molar-refractivity contribution is 5.89. The summed E-state index contributed by atoms with van der Waals surface area (Å²) in [5.41, 5.74) is -0.582. The number of hydrogen-bond acceptors (Lipinski definition) is 4. The highest BCUT2D eigenvalue weighted by atomic mass is 16.6. The molecule has 174 valence electrons. The number of hydrogen-bond donors (Lipinski definition) is 2. The average molecular weight is 441 g/mol. The molecule has 1 aromatic heterocycles. The van der Waals surface area contributed by atoms with Crippen molar-refractivity contribution in [2.24, 2.45) is 28.6 Å². The van der Waals surface area contributed by atoms with Gasteiger partial charge in [-0.2, -0.15) is 0 Å². The van der Waals surface area contributed by atoms with Crippen LogP contribution in [0.1, 0.15) is 72.0 Å². The quantitative estimate of drug-likeness (QED) is 0.700. The summed E-state index contributed by atoms with van der Waals surface area (Å²) < 4.78 is 11.6. The van der Waals surface area contributed by atoms with Gasteiger partial charge < -0.3 is 19.8 Å². The summed E-state index contributed by atoms with van der Waals surface area (Å²) in [7, 11) is 0. The predicted octanol–water partition coefficient (Wildman–Crippen LogP) is 4.91. The fourth-order valence-electron chi connectivity index (χ4n) is 7.59. The second kappa shape index (κ2) is 7.39. The predicted molar refractivity (Wildman–Crippen MR) is 121 cm³/mol. The van der Waals surface area contributed by atoms with Gasteiger partial charge in [0, 0.05) is 16.9 Å². The molecule has 0 radical (unpaired) electrons. The Morgan fingerprint density at radius 2 is 2.00 bits per heavy atom. The molecule has 2 heterocycles. The minimum absolute atomic E-state index is 0.0121. The Morgan fingerprint density at radius 1 is 1.19 bits per heavy atom. The summed E-state index contributed by atoms with van der Waals surface area (Å²) in [6.07, 6.45) is 11.5. The number of nitrogens with one attached hydrogen (secondary N) is 2. The SMILES string of the molecule is CC(C)(NC(=O)O[C@H]1CC[C@H]2[C@@H]3CC[C@H]4NC(=O)C=C[C@]4(C)[C@H]3CC[C@]12C)c1ccco1. The van der Waals surface area contributed by atoms with Crippen LogP contribution in [0.25, 0.3) is 0 Å². The van der Waals surface area contributed by atoms with Crippen LogP contribution in [0.5, 0.6) is 0 Å². The number of carbonyl (C=O) groups excluding carboxylic acids is 2. The fraction of sp³-hybridized carbons (Fsp3) is 0.692. The standard InChI is InChI=1S/C26H36N2O4/c1-24(2,20-6-5-15-31-20)28-23(30)32-21-10-8-17-16-7-9-19-25(3,14-12-22(29)27-19)18(16)11-13-26(17,21)4/h5-6,12,14-19,21H,7-11,13H2,1-4H3,(H,27,29)(H,28,30)/t16-,17-,18-,19+,21-,25+,26-/m0/s1. The number of alkyl carbamates (subject to hydrolysis) is 1. The highest BCUT2D eigenvalue weighted by Gasteiger charge is 2.60. The van der Waals surface area contributed by atoms with Gasteiger partial charge in [-0.3, -0.25) is 4.79 Å². The van der Waals surface area contributed by atoms with E-state index >= 15 is 0 Å². The first-order valence-electron chi connectivity index (χ1n) is 12.2.